The highest BCUT2D eigenvalue weighted by Gasteiger charge is 2.39. The van der Waals surface area contributed by atoms with Gasteiger partial charge in [-0.15, -0.1) is 0 Å². The lowest BCUT2D eigenvalue weighted by Crippen LogP contribution is -2.52. The van der Waals surface area contributed by atoms with E-state index >= 15 is 0 Å². The van der Waals surface area contributed by atoms with Crippen LogP contribution in [-0.4, -0.2) is 73.4 Å². The molecule has 9 heteroatoms. The maximum Gasteiger partial charge on any atom is 0.325 e. The lowest BCUT2D eigenvalue weighted by molar-refractivity contribution is -0.129. The van der Waals surface area contributed by atoms with Gasteiger partial charge in [0, 0.05) is 26.2 Å². The van der Waals surface area contributed by atoms with Crippen molar-refractivity contribution >= 4 is 22.0 Å². The highest BCUT2D eigenvalue weighted by Crippen LogP contribution is 2.18. The van der Waals surface area contributed by atoms with Crippen LogP contribution in [0.1, 0.15) is 19.8 Å². The van der Waals surface area contributed by atoms with Crippen LogP contribution in [0.15, 0.2) is 35.2 Å². The zero-order valence-corrected chi connectivity index (χ0v) is 15.6. The van der Waals surface area contributed by atoms with Crippen molar-refractivity contribution in [3.63, 3.8) is 0 Å². The number of urea groups is 1. The normalized spacial score (nSPS) is 22.7. The molecule has 1 aromatic carbocycles. The molecule has 1 aromatic rings. The molecule has 0 saturated carbocycles. The van der Waals surface area contributed by atoms with Crippen LogP contribution in [0.25, 0.3) is 0 Å². The van der Waals surface area contributed by atoms with Crippen molar-refractivity contribution in [1.29, 1.82) is 0 Å². The quantitative estimate of drug-likeness (QED) is 0.733. The van der Waals surface area contributed by atoms with Crippen molar-refractivity contribution in [3.8, 4) is 0 Å². The summed E-state index contributed by atoms with van der Waals surface area (Å²) in [6, 6.07) is 7.55. The second kappa shape index (κ2) is 7.73. The Kier molecular flexibility index (Phi) is 5.59. The highest BCUT2D eigenvalue weighted by molar-refractivity contribution is 7.89. The van der Waals surface area contributed by atoms with Gasteiger partial charge in [0.2, 0.25) is 10.0 Å². The average molecular weight is 380 g/mol. The Morgan fingerprint density at radius 1 is 1.08 bits per heavy atom. The summed E-state index contributed by atoms with van der Waals surface area (Å²) in [5.41, 5.74) is 0. The standard InChI is InChI=1S/C17H24N4O4S/c1-2-6-15-16(22)21(17(23)18-15)13-19-9-11-20(12-10-19)26(24,25)14-7-4-3-5-8-14/h3-5,7-8,15H,2,6,9-13H2,1H3,(H,18,23)/t15-/m1/s1. The molecule has 0 unspecified atom stereocenters. The largest absolute Gasteiger partial charge is 0.326 e. The first kappa shape index (κ1) is 18.8. The number of nitrogens with one attached hydrogen (secondary N) is 1. The van der Waals surface area contributed by atoms with Gasteiger partial charge in [0.05, 0.1) is 11.6 Å². The molecule has 3 rings (SSSR count). The van der Waals surface area contributed by atoms with E-state index in [-0.39, 0.29) is 23.5 Å². The average Bonchev–Trinajstić information content (AvgIpc) is 2.91. The van der Waals surface area contributed by atoms with E-state index < -0.39 is 16.1 Å². The van der Waals surface area contributed by atoms with Crippen molar-refractivity contribution in [2.75, 3.05) is 32.8 Å². The van der Waals surface area contributed by atoms with Gasteiger partial charge in [0.15, 0.2) is 0 Å². The smallest absolute Gasteiger partial charge is 0.325 e. The van der Waals surface area contributed by atoms with Gasteiger partial charge in [-0.3, -0.25) is 9.69 Å². The van der Waals surface area contributed by atoms with Crippen LogP contribution in [0.4, 0.5) is 4.79 Å². The first-order valence-corrected chi connectivity index (χ1v) is 10.3. The summed E-state index contributed by atoms with van der Waals surface area (Å²) in [5, 5.41) is 2.70. The van der Waals surface area contributed by atoms with E-state index in [9.17, 15) is 18.0 Å². The minimum absolute atomic E-state index is 0.198. The maximum atomic E-state index is 12.6. The minimum Gasteiger partial charge on any atom is -0.326 e. The van der Waals surface area contributed by atoms with Crippen molar-refractivity contribution in [3.05, 3.63) is 30.3 Å². The summed E-state index contributed by atoms with van der Waals surface area (Å²) in [7, 11) is -3.50. The fourth-order valence-corrected chi connectivity index (χ4v) is 4.69. The topological polar surface area (TPSA) is 90.0 Å². The van der Waals surface area contributed by atoms with Crippen molar-refractivity contribution < 1.29 is 18.0 Å². The number of hydrogen-bond acceptors (Lipinski definition) is 5. The van der Waals surface area contributed by atoms with Crippen LogP contribution in [0, 0.1) is 0 Å². The van der Waals surface area contributed by atoms with E-state index in [2.05, 4.69) is 5.32 Å². The van der Waals surface area contributed by atoms with Gasteiger partial charge in [0.1, 0.15) is 6.04 Å². The van der Waals surface area contributed by atoms with Crippen molar-refractivity contribution in [2.45, 2.75) is 30.7 Å². The van der Waals surface area contributed by atoms with Gasteiger partial charge in [-0.05, 0) is 18.6 Å². The molecule has 1 N–H and O–H groups in total. The van der Waals surface area contributed by atoms with Crippen LogP contribution in [0.3, 0.4) is 0 Å². The van der Waals surface area contributed by atoms with E-state index in [0.717, 1.165) is 6.42 Å². The summed E-state index contributed by atoms with van der Waals surface area (Å²) >= 11 is 0. The molecule has 2 saturated heterocycles. The predicted molar refractivity (Wildman–Crippen MR) is 95.7 cm³/mol. The van der Waals surface area contributed by atoms with Crippen LogP contribution in [-0.2, 0) is 14.8 Å². The van der Waals surface area contributed by atoms with Crippen molar-refractivity contribution in [1.82, 2.24) is 19.4 Å². The molecule has 2 aliphatic heterocycles. The number of nitrogens with zero attached hydrogens (tertiary/aromatic N) is 3. The Morgan fingerprint density at radius 3 is 2.35 bits per heavy atom. The fraction of sp³-hybridized carbons (Fsp3) is 0.529. The second-order valence-electron chi connectivity index (χ2n) is 6.53. The predicted octanol–water partition coefficient (Wildman–Crippen LogP) is 0.671. The molecule has 0 aromatic heterocycles. The maximum absolute atomic E-state index is 12.6. The van der Waals surface area contributed by atoms with E-state index in [4.69, 9.17) is 0 Å². The SMILES string of the molecule is CCC[C@H]1NC(=O)N(CN2CCN(S(=O)(=O)c3ccccc3)CC2)C1=O. The van der Waals surface area contributed by atoms with Gasteiger partial charge >= 0.3 is 6.03 Å². The molecular formula is C17H24N4O4S. The molecule has 2 heterocycles. The van der Waals surface area contributed by atoms with E-state index in [1.807, 2.05) is 11.8 Å². The Morgan fingerprint density at radius 2 is 1.73 bits per heavy atom. The van der Waals surface area contributed by atoms with E-state index in [1.54, 1.807) is 30.3 Å². The summed E-state index contributed by atoms with van der Waals surface area (Å²) in [4.78, 5) is 27.8. The molecule has 2 fully saturated rings. The summed E-state index contributed by atoms with van der Waals surface area (Å²) < 4.78 is 26.7. The summed E-state index contributed by atoms with van der Waals surface area (Å²) in [6.07, 6.45) is 1.45. The lowest BCUT2D eigenvalue weighted by atomic mass is 10.2. The Labute approximate surface area is 153 Å². The number of carbonyl (C=O) groups excluding carboxylic acids is 2. The van der Waals surface area contributed by atoms with Gasteiger partial charge in [-0.1, -0.05) is 31.5 Å². The number of hydrogen-bond donors (Lipinski definition) is 1. The fourth-order valence-electron chi connectivity index (χ4n) is 3.25. The van der Waals surface area contributed by atoms with Crippen molar-refractivity contribution in [2.24, 2.45) is 0 Å². The van der Waals surface area contributed by atoms with Crippen LogP contribution in [0.5, 0.6) is 0 Å². The van der Waals surface area contributed by atoms with Crippen LogP contribution >= 0.6 is 0 Å². The van der Waals surface area contributed by atoms with E-state index in [1.165, 1.54) is 9.21 Å². The van der Waals surface area contributed by atoms with Crippen LogP contribution < -0.4 is 5.32 Å². The van der Waals surface area contributed by atoms with Gasteiger partial charge in [0.25, 0.3) is 5.91 Å². The Hall–Kier alpha value is -1.97. The third-order valence-electron chi connectivity index (χ3n) is 4.74. The number of imide groups is 1. The molecule has 0 aliphatic carbocycles. The molecule has 3 amide bonds. The lowest BCUT2D eigenvalue weighted by Gasteiger charge is -2.35. The number of rotatable bonds is 6. The molecule has 0 bridgehead atoms. The van der Waals surface area contributed by atoms with Gasteiger partial charge in [-0.2, -0.15) is 4.31 Å². The monoisotopic (exact) mass is 380 g/mol. The molecule has 8 nitrogen and oxygen atoms in total. The zero-order valence-electron chi connectivity index (χ0n) is 14.8. The third kappa shape index (κ3) is 3.74. The number of amides is 3. The van der Waals surface area contributed by atoms with E-state index in [0.29, 0.717) is 32.6 Å². The van der Waals surface area contributed by atoms with Crippen LogP contribution in [0.2, 0.25) is 0 Å². The molecular weight excluding hydrogens is 356 g/mol. The zero-order chi connectivity index (χ0) is 18.7. The minimum atomic E-state index is -3.50. The molecule has 0 radical (unpaired) electrons. The Bertz CT molecular complexity index is 760. The first-order chi connectivity index (χ1) is 12.4. The molecule has 2 aliphatic rings. The number of sulfonamides is 1. The Balaban J connectivity index is 1.58. The second-order valence-corrected chi connectivity index (χ2v) is 8.47. The first-order valence-electron chi connectivity index (χ1n) is 8.83. The number of benzene rings is 1. The van der Waals surface area contributed by atoms with Gasteiger partial charge < -0.3 is 5.32 Å². The molecule has 0 spiro atoms. The number of carbonyl (C=O) groups is 2. The number of piperazine rings is 1. The summed E-state index contributed by atoms with van der Waals surface area (Å²) in [6.45, 7) is 3.78. The summed E-state index contributed by atoms with van der Waals surface area (Å²) in [5.74, 6) is -0.198. The van der Waals surface area contributed by atoms with Gasteiger partial charge in [-0.25, -0.2) is 18.1 Å². The molecule has 26 heavy (non-hydrogen) atoms. The highest BCUT2D eigenvalue weighted by atomic mass is 32.2. The third-order valence-corrected chi connectivity index (χ3v) is 6.65. The molecule has 1 atom stereocenters. The molecule has 142 valence electrons.